The second-order valence-corrected chi connectivity index (χ2v) is 5.46. The lowest BCUT2D eigenvalue weighted by Gasteiger charge is -2.15. The second kappa shape index (κ2) is 7.48. The monoisotopic (exact) mass is 309 g/mol. The van der Waals surface area contributed by atoms with E-state index in [1.807, 2.05) is 13.8 Å². The Morgan fingerprint density at radius 2 is 2.09 bits per heavy atom. The largest absolute Gasteiger partial charge is 0.481 e. The van der Waals surface area contributed by atoms with E-state index >= 15 is 0 Å². The van der Waals surface area contributed by atoms with Gasteiger partial charge in [0.05, 0.1) is 22.1 Å². The molecular weight excluding hydrogens is 290 g/mol. The van der Waals surface area contributed by atoms with Gasteiger partial charge >= 0.3 is 5.97 Å². The van der Waals surface area contributed by atoms with Crippen LogP contribution >= 0.6 is 0 Å². The molecule has 0 spiro atoms. The van der Waals surface area contributed by atoms with E-state index in [0.717, 1.165) is 12.3 Å². The number of nitro groups is 1. The number of nitrogens with one attached hydrogen (secondary N) is 1. The maximum atomic E-state index is 12.1. The lowest BCUT2D eigenvalue weighted by molar-refractivity contribution is -0.385. The predicted octanol–water partition coefficient (Wildman–Crippen LogP) is 1.77. The molecule has 0 aliphatic heterocycles. The van der Waals surface area contributed by atoms with Gasteiger partial charge in [0.1, 0.15) is 6.20 Å². The van der Waals surface area contributed by atoms with Crippen LogP contribution in [0.2, 0.25) is 0 Å². The molecule has 1 heterocycles. The zero-order valence-electron chi connectivity index (χ0n) is 12.7. The summed E-state index contributed by atoms with van der Waals surface area (Å²) in [5.74, 6) is -2.07. The van der Waals surface area contributed by atoms with Crippen molar-refractivity contribution in [3.63, 3.8) is 0 Å². The smallest absolute Gasteiger partial charge is 0.308 e. The number of carbonyl (C=O) groups is 2. The molecule has 1 unspecified atom stereocenters. The zero-order valence-corrected chi connectivity index (χ0v) is 12.7. The van der Waals surface area contributed by atoms with Crippen LogP contribution in [0.5, 0.6) is 0 Å². The van der Waals surface area contributed by atoms with Crippen LogP contribution in [0.25, 0.3) is 0 Å². The average Bonchev–Trinajstić information content (AvgIpc) is 2.42. The van der Waals surface area contributed by atoms with E-state index in [4.69, 9.17) is 5.11 Å². The van der Waals surface area contributed by atoms with Gasteiger partial charge in [-0.25, -0.2) is 0 Å². The molecular formula is C14H19N3O5. The van der Waals surface area contributed by atoms with E-state index in [9.17, 15) is 19.7 Å². The molecule has 0 fully saturated rings. The van der Waals surface area contributed by atoms with E-state index in [1.54, 1.807) is 6.92 Å². The summed E-state index contributed by atoms with van der Waals surface area (Å²) in [6.45, 7) is 5.31. The second-order valence-electron chi connectivity index (χ2n) is 5.46. The fourth-order valence-corrected chi connectivity index (χ4v) is 2.00. The van der Waals surface area contributed by atoms with Gasteiger partial charge in [0.15, 0.2) is 0 Å². The van der Waals surface area contributed by atoms with Gasteiger partial charge in [-0.15, -0.1) is 0 Å². The number of amides is 1. The quantitative estimate of drug-likeness (QED) is 0.584. The van der Waals surface area contributed by atoms with Crippen LogP contribution in [0.15, 0.2) is 12.3 Å². The van der Waals surface area contributed by atoms with Crippen LogP contribution in [0.4, 0.5) is 5.69 Å². The Hall–Kier alpha value is -2.51. The first-order valence-corrected chi connectivity index (χ1v) is 6.84. The molecule has 0 bridgehead atoms. The molecule has 0 aliphatic carbocycles. The summed E-state index contributed by atoms with van der Waals surface area (Å²) in [6.07, 6.45) is 1.51. The zero-order chi connectivity index (χ0) is 16.9. The average molecular weight is 309 g/mol. The summed E-state index contributed by atoms with van der Waals surface area (Å²) >= 11 is 0. The van der Waals surface area contributed by atoms with Crippen LogP contribution in [-0.4, -0.2) is 33.4 Å². The molecule has 0 aromatic carbocycles. The molecule has 0 saturated carbocycles. The maximum Gasteiger partial charge on any atom is 0.308 e. The van der Waals surface area contributed by atoms with Crippen LogP contribution in [0.3, 0.4) is 0 Å². The minimum absolute atomic E-state index is 0.0333. The van der Waals surface area contributed by atoms with Crippen LogP contribution in [0.1, 0.15) is 36.3 Å². The highest BCUT2D eigenvalue weighted by molar-refractivity contribution is 5.95. The summed E-state index contributed by atoms with van der Waals surface area (Å²) in [5, 5.41) is 22.4. The summed E-state index contributed by atoms with van der Waals surface area (Å²) in [5.41, 5.74) is 0.134. The molecule has 1 amide bonds. The molecule has 1 atom stereocenters. The molecule has 8 nitrogen and oxygen atoms in total. The highest BCUT2D eigenvalue weighted by Gasteiger charge is 2.21. The summed E-state index contributed by atoms with van der Waals surface area (Å²) in [4.78, 5) is 37.1. The molecule has 120 valence electrons. The normalized spacial score (nSPS) is 12.0. The third-order valence-electron chi connectivity index (χ3n) is 3.14. The number of carboxylic acids is 1. The molecule has 1 aromatic rings. The minimum Gasteiger partial charge on any atom is -0.481 e. The molecule has 0 radical (unpaired) electrons. The molecule has 8 heteroatoms. The summed E-state index contributed by atoms with van der Waals surface area (Å²) < 4.78 is 0. The van der Waals surface area contributed by atoms with Gasteiger partial charge in [0.2, 0.25) is 0 Å². The SMILES string of the molecule is Cc1ncc([N+](=O)[O-])cc1C(=O)NCC(CC(C)C)C(=O)O. The molecule has 22 heavy (non-hydrogen) atoms. The first kappa shape index (κ1) is 17.5. The fraction of sp³-hybridized carbons (Fsp3) is 0.500. The third kappa shape index (κ3) is 4.80. The van der Waals surface area contributed by atoms with Crippen molar-refractivity contribution in [1.82, 2.24) is 10.3 Å². The van der Waals surface area contributed by atoms with E-state index in [0.29, 0.717) is 12.1 Å². The Morgan fingerprint density at radius 1 is 1.45 bits per heavy atom. The topological polar surface area (TPSA) is 122 Å². The number of nitrogens with zero attached hydrogens (tertiary/aromatic N) is 2. The maximum absolute atomic E-state index is 12.1. The van der Waals surface area contributed by atoms with Gasteiger partial charge in [0.25, 0.3) is 11.6 Å². The number of aromatic nitrogens is 1. The Kier molecular flexibility index (Phi) is 5.97. The number of carboxylic acid groups (broad SMARTS) is 1. The van der Waals surface area contributed by atoms with Crippen LogP contribution in [-0.2, 0) is 4.79 Å². The molecule has 0 aliphatic rings. The number of hydrogen-bond acceptors (Lipinski definition) is 5. The Morgan fingerprint density at radius 3 is 2.59 bits per heavy atom. The first-order chi connectivity index (χ1) is 10.2. The van der Waals surface area contributed by atoms with Crippen LogP contribution < -0.4 is 5.32 Å². The lowest BCUT2D eigenvalue weighted by atomic mass is 9.97. The van der Waals surface area contributed by atoms with Gasteiger partial charge in [-0.05, 0) is 19.3 Å². The van der Waals surface area contributed by atoms with E-state index < -0.39 is 22.7 Å². The molecule has 0 saturated heterocycles. The van der Waals surface area contributed by atoms with E-state index in [2.05, 4.69) is 10.3 Å². The summed E-state index contributed by atoms with van der Waals surface area (Å²) in [7, 11) is 0. The lowest BCUT2D eigenvalue weighted by Crippen LogP contribution is -2.34. The van der Waals surface area contributed by atoms with Crippen molar-refractivity contribution in [3.8, 4) is 0 Å². The van der Waals surface area contributed by atoms with Gasteiger partial charge in [-0.2, -0.15) is 0 Å². The fourth-order valence-electron chi connectivity index (χ4n) is 2.00. The molecule has 1 aromatic heterocycles. The Bertz CT molecular complexity index is 586. The van der Waals surface area contributed by atoms with E-state index in [1.165, 1.54) is 0 Å². The number of carbonyl (C=O) groups excluding carboxylic acids is 1. The standard InChI is InChI=1S/C14H19N3O5/c1-8(2)4-10(14(19)20)6-16-13(18)12-5-11(17(21)22)7-15-9(12)3/h5,7-8,10H,4,6H2,1-3H3,(H,16,18)(H,19,20). The van der Waals surface area contributed by atoms with Crippen molar-refractivity contribution >= 4 is 17.6 Å². The van der Waals surface area contributed by atoms with Gasteiger partial charge in [0, 0.05) is 12.6 Å². The minimum atomic E-state index is -0.983. The Labute approximate surface area is 127 Å². The molecule has 2 N–H and O–H groups in total. The third-order valence-corrected chi connectivity index (χ3v) is 3.14. The number of rotatable bonds is 7. The Balaban J connectivity index is 2.82. The van der Waals surface area contributed by atoms with Crippen molar-refractivity contribution in [2.75, 3.05) is 6.54 Å². The predicted molar refractivity (Wildman–Crippen MR) is 78.5 cm³/mol. The van der Waals surface area contributed by atoms with Gasteiger partial charge < -0.3 is 10.4 Å². The number of hydrogen-bond donors (Lipinski definition) is 2. The van der Waals surface area contributed by atoms with Crippen molar-refractivity contribution in [3.05, 3.63) is 33.6 Å². The van der Waals surface area contributed by atoms with Gasteiger partial charge in [-0.3, -0.25) is 24.7 Å². The number of pyridine rings is 1. The van der Waals surface area contributed by atoms with Crippen LogP contribution in [0, 0.1) is 28.9 Å². The van der Waals surface area contributed by atoms with E-state index in [-0.39, 0.29) is 23.7 Å². The first-order valence-electron chi connectivity index (χ1n) is 6.84. The van der Waals surface area contributed by atoms with Crippen molar-refractivity contribution in [2.45, 2.75) is 27.2 Å². The van der Waals surface area contributed by atoms with Gasteiger partial charge in [-0.1, -0.05) is 13.8 Å². The van der Waals surface area contributed by atoms with Crippen molar-refractivity contribution in [1.29, 1.82) is 0 Å². The number of aryl methyl sites for hydroxylation is 1. The highest BCUT2D eigenvalue weighted by Crippen LogP contribution is 2.15. The highest BCUT2D eigenvalue weighted by atomic mass is 16.6. The molecule has 1 rings (SSSR count). The summed E-state index contributed by atoms with van der Waals surface area (Å²) in [6, 6.07) is 1.13. The van der Waals surface area contributed by atoms with Crippen molar-refractivity contribution < 1.29 is 19.6 Å². The number of aliphatic carboxylic acids is 1. The van der Waals surface area contributed by atoms with Crippen molar-refractivity contribution in [2.24, 2.45) is 11.8 Å².